The van der Waals surface area contributed by atoms with Gasteiger partial charge >= 0.3 is 18.4 Å². The fraction of sp³-hybridized carbons (Fsp3) is 0.400. The van der Waals surface area contributed by atoms with E-state index in [-0.39, 0.29) is 25.4 Å². The fourth-order valence-corrected chi connectivity index (χ4v) is 3.47. The summed E-state index contributed by atoms with van der Waals surface area (Å²) in [5.74, 6) is 5.67. The second-order valence-electron chi connectivity index (χ2n) is 7.75. The minimum absolute atomic E-state index is 0.0536. The van der Waals surface area contributed by atoms with Gasteiger partial charge in [0, 0.05) is 24.3 Å². The molecule has 0 spiro atoms. The third kappa shape index (κ3) is 6.85. The highest BCUT2D eigenvalue weighted by atomic mass is 19.4. The van der Waals surface area contributed by atoms with Gasteiger partial charge in [0.05, 0.1) is 6.04 Å². The number of alkyl halides is 6. The van der Waals surface area contributed by atoms with Gasteiger partial charge in [-0.1, -0.05) is 55.3 Å². The molecule has 0 saturated carbocycles. The lowest BCUT2D eigenvalue weighted by molar-refractivity contribution is -0.376. The first-order chi connectivity index (χ1) is 16.8. The maximum Gasteiger partial charge on any atom is 0.430 e. The van der Waals surface area contributed by atoms with Gasteiger partial charge in [-0.15, -0.1) is 5.92 Å². The second kappa shape index (κ2) is 12.0. The van der Waals surface area contributed by atoms with Gasteiger partial charge in [-0.3, -0.25) is 0 Å². The Labute approximate surface area is 205 Å². The monoisotopic (exact) mass is 516 g/mol. The topological polar surface area (TPSA) is 61.8 Å². The molecule has 2 rings (SSSR count). The van der Waals surface area contributed by atoms with E-state index in [9.17, 15) is 36.2 Å². The molecule has 1 unspecified atom stereocenters. The van der Waals surface area contributed by atoms with Gasteiger partial charge in [0.2, 0.25) is 0 Å². The van der Waals surface area contributed by atoms with Crippen LogP contribution in [0, 0.1) is 11.8 Å². The summed E-state index contributed by atoms with van der Waals surface area (Å²) in [4.78, 5) is 13.7. The zero-order valence-corrected chi connectivity index (χ0v) is 19.6. The molecule has 5 nitrogen and oxygen atoms in total. The van der Waals surface area contributed by atoms with E-state index in [2.05, 4.69) is 17.2 Å². The summed E-state index contributed by atoms with van der Waals surface area (Å²) in [6, 6.07) is 11.8. The minimum atomic E-state index is -5.98. The Balaban J connectivity index is 2.18. The number of hydrogen-bond acceptors (Lipinski definition) is 4. The molecule has 2 aromatic carbocycles. The number of halogens is 6. The van der Waals surface area contributed by atoms with Crippen molar-refractivity contribution in [1.29, 1.82) is 0 Å². The molecule has 0 fully saturated rings. The van der Waals surface area contributed by atoms with Gasteiger partial charge in [-0.25, -0.2) is 4.79 Å². The molecule has 0 radical (unpaired) electrons. The van der Waals surface area contributed by atoms with Crippen LogP contribution in [0.3, 0.4) is 0 Å². The maximum atomic E-state index is 13.2. The fourth-order valence-electron chi connectivity index (χ4n) is 3.47. The molecule has 0 aliphatic rings. The number of anilines is 1. The molecule has 36 heavy (non-hydrogen) atoms. The van der Waals surface area contributed by atoms with Crippen LogP contribution in [0.15, 0.2) is 54.6 Å². The van der Waals surface area contributed by atoms with Gasteiger partial charge in [-0.2, -0.15) is 26.3 Å². The molecule has 2 N–H and O–H groups in total. The number of carbonyl (C=O) groups excluding carboxylic acids is 1. The third-order valence-electron chi connectivity index (χ3n) is 5.35. The lowest BCUT2D eigenvalue weighted by Gasteiger charge is -2.34. The van der Waals surface area contributed by atoms with Crippen molar-refractivity contribution in [1.82, 2.24) is 5.32 Å². The summed E-state index contributed by atoms with van der Waals surface area (Å²) >= 11 is 0. The molecular formula is C25H26F6N2O3. The first-order valence-electron chi connectivity index (χ1n) is 10.9. The van der Waals surface area contributed by atoms with E-state index in [1.165, 1.54) is 0 Å². The minimum Gasteiger partial charge on any atom is -0.445 e. The van der Waals surface area contributed by atoms with Gasteiger partial charge in [0.15, 0.2) is 0 Å². The van der Waals surface area contributed by atoms with E-state index < -0.39 is 35.7 Å². The summed E-state index contributed by atoms with van der Waals surface area (Å²) in [6.45, 7) is 3.65. The van der Waals surface area contributed by atoms with Gasteiger partial charge in [0.1, 0.15) is 6.61 Å². The number of alkyl carbamates (subject to hydrolysis) is 1. The Morgan fingerprint density at radius 1 is 1.03 bits per heavy atom. The Bertz CT molecular complexity index is 1030. The average molecular weight is 516 g/mol. The van der Waals surface area contributed by atoms with Gasteiger partial charge in [-0.05, 0) is 31.0 Å². The van der Waals surface area contributed by atoms with Crippen molar-refractivity contribution in [3.05, 3.63) is 65.7 Å². The van der Waals surface area contributed by atoms with E-state index in [4.69, 9.17) is 4.74 Å². The normalized spacial score (nSPS) is 12.8. The van der Waals surface area contributed by atoms with Crippen LogP contribution in [0.25, 0.3) is 0 Å². The van der Waals surface area contributed by atoms with E-state index in [0.717, 1.165) is 17.7 Å². The number of nitrogens with one attached hydrogen (secondary N) is 1. The smallest absolute Gasteiger partial charge is 0.430 e. The quantitative estimate of drug-likeness (QED) is 0.340. The van der Waals surface area contributed by atoms with E-state index in [1.54, 1.807) is 36.1 Å². The third-order valence-corrected chi connectivity index (χ3v) is 5.35. The van der Waals surface area contributed by atoms with E-state index in [1.807, 2.05) is 13.0 Å². The Morgan fingerprint density at radius 2 is 1.61 bits per heavy atom. The molecule has 0 aliphatic carbocycles. The molecule has 1 atom stereocenters. The lowest BCUT2D eigenvalue weighted by atomic mass is 9.92. The Morgan fingerprint density at radius 3 is 2.11 bits per heavy atom. The highest BCUT2D eigenvalue weighted by Gasteiger charge is 2.71. The molecule has 2 aromatic rings. The van der Waals surface area contributed by atoms with Crippen LogP contribution in [0.1, 0.15) is 31.4 Å². The largest absolute Gasteiger partial charge is 0.445 e. The number of hydrogen-bond donors (Lipinski definition) is 2. The molecule has 1 amide bonds. The number of carbonyl (C=O) groups is 1. The highest BCUT2D eigenvalue weighted by Crippen LogP contribution is 2.50. The van der Waals surface area contributed by atoms with Crippen LogP contribution in [-0.4, -0.2) is 42.7 Å². The van der Waals surface area contributed by atoms with Crippen molar-refractivity contribution in [2.45, 2.75) is 50.9 Å². The number of benzene rings is 2. The second-order valence-corrected chi connectivity index (χ2v) is 7.75. The first kappa shape index (κ1) is 28.8. The van der Waals surface area contributed by atoms with Crippen molar-refractivity contribution < 1.29 is 41.0 Å². The summed E-state index contributed by atoms with van der Waals surface area (Å²) in [5, 5.41) is 12.2. The molecule has 0 bridgehead atoms. The van der Waals surface area contributed by atoms with Crippen LogP contribution >= 0.6 is 0 Å². The van der Waals surface area contributed by atoms with Crippen LogP contribution in [-0.2, 0) is 16.9 Å². The standard InChI is InChI=1S/C25H26F6N2O3/c1-3-8-20(4-2)33(16-15-32-22(34)36-17-18-9-6-5-7-10-18)21-13-11-19(12-14-21)23(35,24(26,27)28)25(29,30)31/h5-7,9-14,20,35H,4,15-17H2,1-2H3,(H,32,34). The predicted molar refractivity (Wildman–Crippen MR) is 122 cm³/mol. The summed E-state index contributed by atoms with van der Waals surface area (Å²) in [7, 11) is 0. The summed E-state index contributed by atoms with van der Waals surface area (Å²) < 4.78 is 84.3. The van der Waals surface area contributed by atoms with Crippen molar-refractivity contribution in [2.75, 3.05) is 18.0 Å². The van der Waals surface area contributed by atoms with Crippen molar-refractivity contribution in [2.24, 2.45) is 0 Å². The number of ether oxygens (including phenoxy) is 1. The summed E-state index contributed by atoms with van der Waals surface area (Å²) in [6.07, 6.45) is -12.2. The van der Waals surface area contributed by atoms with E-state index >= 15 is 0 Å². The first-order valence-corrected chi connectivity index (χ1v) is 10.9. The molecule has 196 valence electrons. The van der Waals surface area contributed by atoms with Crippen LogP contribution in [0.5, 0.6) is 0 Å². The van der Waals surface area contributed by atoms with Crippen molar-refractivity contribution >= 4 is 11.8 Å². The Hall–Kier alpha value is -3.39. The average Bonchev–Trinajstić information content (AvgIpc) is 2.83. The van der Waals surface area contributed by atoms with Gasteiger partial charge in [0.25, 0.3) is 5.60 Å². The number of nitrogens with zero attached hydrogens (tertiary/aromatic N) is 1. The van der Waals surface area contributed by atoms with Crippen molar-refractivity contribution in [3.63, 3.8) is 0 Å². The molecule has 11 heteroatoms. The molecule has 0 heterocycles. The van der Waals surface area contributed by atoms with Gasteiger partial charge < -0.3 is 20.1 Å². The summed E-state index contributed by atoms with van der Waals surface area (Å²) in [5.41, 5.74) is -5.32. The van der Waals surface area contributed by atoms with Crippen LogP contribution < -0.4 is 10.2 Å². The van der Waals surface area contributed by atoms with E-state index in [0.29, 0.717) is 18.6 Å². The maximum absolute atomic E-state index is 13.2. The molecule has 0 aromatic heterocycles. The number of amides is 1. The molecular weight excluding hydrogens is 490 g/mol. The van der Waals surface area contributed by atoms with Crippen LogP contribution in [0.2, 0.25) is 0 Å². The Kier molecular flexibility index (Phi) is 9.64. The zero-order valence-electron chi connectivity index (χ0n) is 19.6. The lowest BCUT2D eigenvalue weighted by Crippen LogP contribution is -2.53. The molecule has 0 aliphatic heterocycles. The van der Waals surface area contributed by atoms with Crippen LogP contribution in [0.4, 0.5) is 36.8 Å². The number of rotatable bonds is 9. The van der Waals surface area contributed by atoms with Crippen molar-refractivity contribution in [3.8, 4) is 11.8 Å². The predicted octanol–water partition coefficient (Wildman–Crippen LogP) is 5.53. The zero-order chi connectivity index (χ0) is 27.0. The highest BCUT2D eigenvalue weighted by molar-refractivity contribution is 5.67. The molecule has 0 saturated heterocycles. The number of aliphatic hydroxyl groups is 1. The SMILES string of the molecule is CC#CC(CC)N(CCNC(=O)OCc1ccccc1)c1ccc(C(O)(C(F)(F)F)C(F)(F)F)cc1.